The zero-order valence-corrected chi connectivity index (χ0v) is 23.4. The molecular formula is C27H42N4O8. The summed E-state index contributed by atoms with van der Waals surface area (Å²) >= 11 is 0. The van der Waals surface area contributed by atoms with Gasteiger partial charge in [0.05, 0.1) is 32.4 Å². The normalized spacial score (nSPS) is 13.1. The smallest absolute Gasteiger partial charge is 0.407 e. The van der Waals surface area contributed by atoms with Gasteiger partial charge in [-0.15, -0.1) is 0 Å². The monoisotopic (exact) mass is 550 g/mol. The van der Waals surface area contributed by atoms with Crippen LogP contribution in [0.3, 0.4) is 0 Å². The van der Waals surface area contributed by atoms with Crippen LogP contribution in [0.4, 0.5) is 4.79 Å². The second-order valence-electron chi connectivity index (χ2n) is 9.44. The summed E-state index contributed by atoms with van der Waals surface area (Å²) in [6, 6.07) is 6.45. The highest BCUT2D eigenvalue weighted by Gasteiger charge is 2.25. The Balaban J connectivity index is 2.63. The van der Waals surface area contributed by atoms with Gasteiger partial charge in [-0.25, -0.2) is 4.79 Å². The quantitative estimate of drug-likeness (QED) is 0.195. The molecule has 0 aliphatic heterocycles. The third kappa shape index (κ3) is 14.9. The molecule has 0 spiro atoms. The maximum absolute atomic E-state index is 12.9. The maximum Gasteiger partial charge on any atom is 0.407 e. The highest BCUT2D eigenvalue weighted by molar-refractivity contribution is 5.93. The molecule has 39 heavy (non-hydrogen) atoms. The number of methoxy groups -OCH3 is 1. The van der Waals surface area contributed by atoms with Crippen LogP contribution in [0.5, 0.6) is 0 Å². The van der Waals surface area contributed by atoms with Gasteiger partial charge in [0.1, 0.15) is 18.7 Å². The van der Waals surface area contributed by atoms with E-state index in [2.05, 4.69) is 21.3 Å². The number of ether oxygens (including phenoxy) is 3. The first-order valence-electron chi connectivity index (χ1n) is 12.9. The molecule has 0 unspecified atom stereocenters. The van der Waals surface area contributed by atoms with E-state index in [1.807, 2.05) is 19.9 Å². The fraction of sp³-hybridized carbons (Fsp3) is 0.593. The van der Waals surface area contributed by atoms with Gasteiger partial charge in [0.15, 0.2) is 5.78 Å². The number of hydrogen-bond acceptors (Lipinski definition) is 8. The lowest BCUT2D eigenvalue weighted by atomic mass is 10.0. The summed E-state index contributed by atoms with van der Waals surface area (Å²) in [6.45, 7) is 7.27. The van der Waals surface area contributed by atoms with Gasteiger partial charge in [-0.3, -0.25) is 19.2 Å². The van der Waals surface area contributed by atoms with Crippen molar-refractivity contribution in [3.05, 3.63) is 35.9 Å². The topological polar surface area (TPSA) is 161 Å². The standard InChI is InChI=1S/C27H42N4O8/c1-18(2)15-22(20(4)32)30-25(34)19(3)29-24(33)17-28-26(35)23(16-21-9-7-6-8-10-21)31-27(36)39-14-13-38-12-11-37-5/h6-10,18-19,22-23H,11-17H2,1-5H3,(H,28,35)(H,29,33)(H,30,34)(H,31,36)/t19-,22-,23-/m0/s1. The van der Waals surface area contributed by atoms with E-state index in [-0.39, 0.29) is 31.3 Å². The Hall–Kier alpha value is -3.51. The number of alkyl carbamates (subject to hydrolysis) is 1. The number of ketones is 1. The predicted octanol–water partition coefficient (Wildman–Crippen LogP) is 0.728. The van der Waals surface area contributed by atoms with E-state index in [1.54, 1.807) is 31.4 Å². The average molecular weight is 551 g/mol. The van der Waals surface area contributed by atoms with Crippen LogP contribution in [0.25, 0.3) is 0 Å². The molecule has 0 saturated heterocycles. The molecule has 4 amide bonds. The Morgan fingerprint density at radius 1 is 0.821 bits per heavy atom. The minimum absolute atomic E-state index is 0.0146. The van der Waals surface area contributed by atoms with Gasteiger partial charge in [-0.1, -0.05) is 44.2 Å². The van der Waals surface area contributed by atoms with Gasteiger partial charge < -0.3 is 35.5 Å². The highest BCUT2D eigenvalue weighted by atomic mass is 16.6. The molecule has 0 radical (unpaired) electrons. The number of benzene rings is 1. The molecule has 0 heterocycles. The first kappa shape index (κ1) is 33.5. The van der Waals surface area contributed by atoms with Crippen LogP contribution < -0.4 is 21.3 Å². The van der Waals surface area contributed by atoms with E-state index in [9.17, 15) is 24.0 Å². The zero-order chi connectivity index (χ0) is 29.2. The van der Waals surface area contributed by atoms with Crippen molar-refractivity contribution in [3.63, 3.8) is 0 Å². The van der Waals surface area contributed by atoms with Crippen LogP contribution >= 0.6 is 0 Å². The summed E-state index contributed by atoms with van der Waals surface area (Å²) in [5.41, 5.74) is 0.789. The largest absolute Gasteiger partial charge is 0.447 e. The number of carbonyl (C=O) groups excluding carboxylic acids is 5. The van der Waals surface area contributed by atoms with Crippen LogP contribution in [0, 0.1) is 5.92 Å². The van der Waals surface area contributed by atoms with Gasteiger partial charge in [-0.2, -0.15) is 0 Å². The molecule has 0 saturated carbocycles. The van der Waals surface area contributed by atoms with E-state index in [4.69, 9.17) is 14.2 Å². The lowest BCUT2D eigenvalue weighted by molar-refractivity contribution is -0.131. The van der Waals surface area contributed by atoms with Crippen LogP contribution in [-0.4, -0.2) is 87.8 Å². The lowest BCUT2D eigenvalue weighted by Gasteiger charge is -2.21. The molecule has 12 nitrogen and oxygen atoms in total. The minimum Gasteiger partial charge on any atom is -0.447 e. The van der Waals surface area contributed by atoms with Crippen molar-refractivity contribution in [3.8, 4) is 0 Å². The summed E-state index contributed by atoms with van der Waals surface area (Å²) in [7, 11) is 1.55. The van der Waals surface area contributed by atoms with Gasteiger partial charge in [-0.05, 0) is 31.7 Å². The molecule has 0 bridgehead atoms. The maximum atomic E-state index is 12.9. The van der Waals surface area contributed by atoms with E-state index in [0.29, 0.717) is 19.6 Å². The van der Waals surface area contributed by atoms with Crippen molar-refractivity contribution in [1.29, 1.82) is 0 Å². The molecule has 1 aromatic carbocycles. The Morgan fingerprint density at radius 3 is 2.10 bits per heavy atom. The van der Waals surface area contributed by atoms with Crippen molar-refractivity contribution in [2.45, 2.75) is 58.7 Å². The number of amides is 4. The number of hydrogen-bond donors (Lipinski definition) is 4. The van der Waals surface area contributed by atoms with E-state index < -0.39 is 48.5 Å². The van der Waals surface area contributed by atoms with Crippen molar-refractivity contribution >= 4 is 29.6 Å². The fourth-order valence-corrected chi connectivity index (χ4v) is 3.42. The van der Waals surface area contributed by atoms with E-state index in [0.717, 1.165) is 5.56 Å². The Morgan fingerprint density at radius 2 is 1.49 bits per heavy atom. The molecule has 3 atom stereocenters. The average Bonchev–Trinajstić information content (AvgIpc) is 2.88. The van der Waals surface area contributed by atoms with Crippen molar-refractivity contribution < 1.29 is 38.2 Å². The highest BCUT2D eigenvalue weighted by Crippen LogP contribution is 2.06. The Kier molecular flexibility index (Phi) is 16.1. The second-order valence-corrected chi connectivity index (χ2v) is 9.44. The molecule has 1 rings (SSSR count). The summed E-state index contributed by atoms with van der Waals surface area (Å²) < 4.78 is 15.2. The Labute approximate surface area is 229 Å². The SMILES string of the molecule is COCCOCCOC(=O)N[C@@H](Cc1ccccc1)C(=O)NCC(=O)N[C@@H](C)C(=O)N[C@@H](CC(C)C)C(C)=O. The van der Waals surface area contributed by atoms with Crippen LogP contribution in [-0.2, 0) is 39.8 Å². The van der Waals surface area contributed by atoms with Crippen molar-refractivity contribution in [2.75, 3.05) is 40.1 Å². The van der Waals surface area contributed by atoms with Crippen molar-refractivity contribution in [2.24, 2.45) is 5.92 Å². The summed E-state index contributed by atoms with van der Waals surface area (Å²) in [5, 5.41) is 10.1. The second kappa shape index (κ2) is 18.7. The third-order valence-electron chi connectivity index (χ3n) is 5.49. The number of rotatable bonds is 18. The van der Waals surface area contributed by atoms with Gasteiger partial charge in [0.25, 0.3) is 0 Å². The molecule has 0 aromatic heterocycles. The van der Waals surface area contributed by atoms with E-state index in [1.165, 1.54) is 13.8 Å². The van der Waals surface area contributed by atoms with Gasteiger partial charge >= 0.3 is 6.09 Å². The molecule has 0 aliphatic carbocycles. The fourth-order valence-electron chi connectivity index (χ4n) is 3.42. The third-order valence-corrected chi connectivity index (χ3v) is 5.49. The molecule has 0 aliphatic rings. The minimum atomic E-state index is -1.02. The van der Waals surface area contributed by atoms with Crippen molar-refractivity contribution in [1.82, 2.24) is 21.3 Å². The summed E-state index contributed by atoms with van der Waals surface area (Å²) in [6.07, 6.45) is -0.163. The number of Topliss-reactive ketones (excluding diaryl/α,β-unsaturated/α-hetero) is 1. The van der Waals surface area contributed by atoms with E-state index >= 15 is 0 Å². The number of carbonyl (C=O) groups is 5. The van der Waals surface area contributed by atoms with Crippen LogP contribution in [0.1, 0.15) is 39.7 Å². The molecule has 218 valence electrons. The van der Waals surface area contributed by atoms with Gasteiger partial charge in [0, 0.05) is 13.5 Å². The first-order chi connectivity index (χ1) is 18.5. The van der Waals surface area contributed by atoms with Gasteiger partial charge in [0.2, 0.25) is 17.7 Å². The molecule has 12 heteroatoms. The van der Waals surface area contributed by atoms with Crippen LogP contribution in [0.2, 0.25) is 0 Å². The zero-order valence-electron chi connectivity index (χ0n) is 23.4. The summed E-state index contributed by atoms with van der Waals surface area (Å²) in [5.74, 6) is -1.69. The van der Waals surface area contributed by atoms with Crippen LogP contribution in [0.15, 0.2) is 30.3 Å². The molecule has 4 N–H and O–H groups in total. The predicted molar refractivity (Wildman–Crippen MR) is 144 cm³/mol. The summed E-state index contributed by atoms with van der Waals surface area (Å²) in [4.78, 5) is 61.8. The first-order valence-corrected chi connectivity index (χ1v) is 12.9. The molecular weight excluding hydrogens is 508 g/mol. The molecule has 0 fully saturated rings. The molecule has 1 aromatic rings. The lowest BCUT2D eigenvalue weighted by Crippen LogP contribution is -2.53. The Bertz CT molecular complexity index is 926. The number of nitrogens with one attached hydrogen (secondary N) is 4.